The van der Waals surface area contributed by atoms with Gasteiger partial charge in [-0.1, -0.05) is 0 Å². The zero-order chi connectivity index (χ0) is 14.5. The quantitative estimate of drug-likeness (QED) is 0.728. The Morgan fingerprint density at radius 2 is 1.79 bits per heavy atom. The van der Waals surface area contributed by atoms with E-state index in [4.69, 9.17) is 10.00 Å². The van der Waals surface area contributed by atoms with Gasteiger partial charge in [-0.3, -0.25) is 0 Å². The van der Waals surface area contributed by atoms with Crippen LogP contribution in [0.25, 0.3) is 0 Å². The molecule has 1 aliphatic rings. The molecule has 0 saturated carbocycles. The van der Waals surface area contributed by atoms with Gasteiger partial charge >= 0.3 is 6.09 Å². The lowest BCUT2D eigenvalue weighted by molar-refractivity contribution is 0.0174. The molecule has 1 aliphatic heterocycles. The van der Waals surface area contributed by atoms with Crippen molar-refractivity contribution in [3.05, 3.63) is 11.1 Å². The van der Waals surface area contributed by atoms with Crippen LogP contribution in [0.4, 0.5) is 4.79 Å². The van der Waals surface area contributed by atoms with Gasteiger partial charge in [-0.15, -0.1) is 11.8 Å². The van der Waals surface area contributed by atoms with E-state index in [1.807, 2.05) is 27.0 Å². The Balaban J connectivity index is 2.52. The Kier molecular flexibility index (Phi) is 5.55. The van der Waals surface area contributed by atoms with E-state index >= 15 is 0 Å². The van der Waals surface area contributed by atoms with Crippen LogP contribution in [0, 0.1) is 11.3 Å². The van der Waals surface area contributed by atoms with Crippen molar-refractivity contribution in [3.8, 4) is 6.07 Å². The molecule has 0 aliphatic carbocycles. The maximum atomic E-state index is 11.9. The van der Waals surface area contributed by atoms with Gasteiger partial charge in [-0.25, -0.2) is 4.79 Å². The largest absolute Gasteiger partial charge is 0.444 e. The summed E-state index contributed by atoms with van der Waals surface area (Å²) in [7, 11) is 0. The van der Waals surface area contributed by atoms with Gasteiger partial charge in [0, 0.05) is 32.3 Å². The van der Waals surface area contributed by atoms with Crippen molar-refractivity contribution >= 4 is 17.9 Å². The molecule has 1 rings (SSSR count). The Hall–Kier alpha value is -1.35. The van der Waals surface area contributed by atoms with E-state index in [0.717, 1.165) is 18.1 Å². The molecule has 1 heterocycles. The van der Waals surface area contributed by atoms with Gasteiger partial charge in [-0.2, -0.15) is 5.26 Å². The zero-order valence-electron chi connectivity index (χ0n) is 12.0. The van der Waals surface area contributed by atoms with E-state index in [0.29, 0.717) is 13.1 Å². The van der Waals surface area contributed by atoms with Crippen molar-refractivity contribution in [3.63, 3.8) is 0 Å². The molecule has 1 saturated heterocycles. The molecular formula is C13H21N3O2S. The van der Waals surface area contributed by atoms with Crippen molar-refractivity contribution in [2.75, 3.05) is 32.4 Å². The molecule has 1 fully saturated rings. The summed E-state index contributed by atoms with van der Waals surface area (Å²) < 4.78 is 5.34. The van der Waals surface area contributed by atoms with Crippen LogP contribution in [0.5, 0.6) is 0 Å². The molecule has 0 aromatic heterocycles. The second kappa shape index (κ2) is 6.71. The molecule has 0 aromatic rings. The summed E-state index contributed by atoms with van der Waals surface area (Å²) in [5, 5.41) is 9.67. The maximum absolute atomic E-state index is 11.9. The number of rotatable bonds is 2. The molecule has 106 valence electrons. The highest BCUT2D eigenvalue weighted by Crippen LogP contribution is 2.20. The monoisotopic (exact) mass is 283 g/mol. The molecular weight excluding hydrogens is 262 g/mol. The Labute approximate surface area is 119 Å². The highest BCUT2D eigenvalue weighted by atomic mass is 32.2. The molecule has 0 spiro atoms. The van der Waals surface area contributed by atoms with Gasteiger partial charge in [0.05, 0.1) is 11.1 Å². The van der Waals surface area contributed by atoms with Gasteiger partial charge in [0.25, 0.3) is 0 Å². The molecule has 6 heteroatoms. The summed E-state index contributed by atoms with van der Waals surface area (Å²) in [5.41, 5.74) is -0.459. The number of hydrogen-bond acceptors (Lipinski definition) is 5. The summed E-state index contributed by atoms with van der Waals surface area (Å²) in [5.74, 6) is 0. The van der Waals surface area contributed by atoms with Crippen molar-refractivity contribution in [1.29, 1.82) is 5.26 Å². The molecule has 1 amide bonds. The van der Waals surface area contributed by atoms with Crippen LogP contribution in [-0.4, -0.2) is 53.9 Å². The number of carbonyl (C=O) groups excluding carboxylic acids is 1. The fraction of sp³-hybridized carbons (Fsp3) is 0.692. The van der Waals surface area contributed by atoms with E-state index < -0.39 is 5.60 Å². The first-order valence-electron chi connectivity index (χ1n) is 6.24. The molecule has 0 aromatic carbocycles. The van der Waals surface area contributed by atoms with Crippen molar-refractivity contribution in [2.24, 2.45) is 0 Å². The summed E-state index contributed by atoms with van der Waals surface area (Å²) in [6.45, 7) is 8.30. The van der Waals surface area contributed by atoms with Crippen molar-refractivity contribution < 1.29 is 9.53 Å². The van der Waals surface area contributed by atoms with Gasteiger partial charge in [0.1, 0.15) is 5.60 Å². The Morgan fingerprint density at radius 1 is 1.26 bits per heavy atom. The second-order valence-electron chi connectivity index (χ2n) is 5.27. The van der Waals surface area contributed by atoms with Gasteiger partial charge in [0.2, 0.25) is 0 Å². The average Bonchev–Trinajstić information content (AvgIpc) is 2.34. The molecule has 0 N–H and O–H groups in total. The number of ether oxygens (including phenoxy) is 1. The molecule has 5 nitrogen and oxygen atoms in total. The van der Waals surface area contributed by atoms with Crippen LogP contribution in [0.1, 0.15) is 20.8 Å². The number of amides is 1. The van der Waals surface area contributed by atoms with E-state index in [2.05, 4.69) is 11.0 Å². The van der Waals surface area contributed by atoms with Crippen LogP contribution in [0.15, 0.2) is 11.1 Å². The number of nitrogens with zero attached hydrogens (tertiary/aromatic N) is 3. The zero-order valence-corrected chi connectivity index (χ0v) is 12.8. The minimum Gasteiger partial charge on any atom is -0.444 e. The maximum Gasteiger partial charge on any atom is 0.410 e. The minimum atomic E-state index is -0.459. The highest BCUT2D eigenvalue weighted by molar-refractivity contribution is 8.02. The van der Waals surface area contributed by atoms with Gasteiger partial charge in [0.15, 0.2) is 0 Å². The Morgan fingerprint density at radius 3 is 2.21 bits per heavy atom. The molecule has 0 bridgehead atoms. The number of nitriles is 1. The number of carbonyl (C=O) groups is 1. The lowest BCUT2D eigenvalue weighted by Gasteiger charge is -2.37. The van der Waals surface area contributed by atoms with Crippen LogP contribution in [0.3, 0.4) is 0 Å². The lowest BCUT2D eigenvalue weighted by Crippen LogP contribution is -2.49. The van der Waals surface area contributed by atoms with E-state index in [9.17, 15) is 4.79 Å². The highest BCUT2D eigenvalue weighted by Gasteiger charge is 2.26. The first kappa shape index (κ1) is 15.7. The van der Waals surface area contributed by atoms with E-state index in [1.54, 1.807) is 22.7 Å². The van der Waals surface area contributed by atoms with Crippen molar-refractivity contribution in [1.82, 2.24) is 9.80 Å². The minimum absolute atomic E-state index is 0.262. The standard InChI is InChI=1S/C13H21N3O2S/c1-13(2,3)18-12(17)16-9-7-15(8-10-16)11(19-4)5-6-14/h5H,7-10H2,1-4H3. The Bertz CT molecular complexity index is 388. The fourth-order valence-corrected chi connectivity index (χ4v) is 2.38. The number of allylic oxidation sites excluding steroid dienone is 1. The van der Waals surface area contributed by atoms with Crippen LogP contribution >= 0.6 is 11.8 Å². The van der Waals surface area contributed by atoms with Crippen molar-refractivity contribution in [2.45, 2.75) is 26.4 Å². The average molecular weight is 283 g/mol. The second-order valence-corrected chi connectivity index (χ2v) is 6.10. The molecule has 0 radical (unpaired) electrons. The SMILES string of the molecule is CSC(=CC#N)N1CCN(C(=O)OC(C)(C)C)CC1. The topological polar surface area (TPSA) is 56.6 Å². The smallest absolute Gasteiger partial charge is 0.410 e. The first-order chi connectivity index (χ1) is 8.87. The predicted octanol–water partition coefficient (Wildman–Crippen LogP) is 2.27. The third-order valence-corrected chi connectivity index (χ3v) is 3.43. The number of hydrogen-bond donors (Lipinski definition) is 0. The van der Waals surface area contributed by atoms with Gasteiger partial charge < -0.3 is 14.5 Å². The fourth-order valence-electron chi connectivity index (χ4n) is 1.77. The van der Waals surface area contributed by atoms with E-state index in [-0.39, 0.29) is 6.09 Å². The third-order valence-electron chi connectivity index (χ3n) is 2.64. The number of piperazine rings is 1. The van der Waals surface area contributed by atoms with Crippen LogP contribution in [0.2, 0.25) is 0 Å². The molecule has 0 unspecified atom stereocenters. The molecule has 19 heavy (non-hydrogen) atoms. The summed E-state index contributed by atoms with van der Waals surface area (Å²) in [6.07, 6.45) is 3.24. The number of thioether (sulfide) groups is 1. The predicted molar refractivity (Wildman–Crippen MR) is 76.6 cm³/mol. The summed E-state index contributed by atoms with van der Waals surface area (Å²) in [6, 6.07) is 2.05. The van der Waals surface area contributed by atoms with E-state index in [1.165, 1.54) is 0 Å². The van der Waals surface area contributed by atoms with Crippen LogP contribution in [-0.2, 0) is 4.74 Å². The first-order valence-corrected chi connectivity index (χ1v) is 7.46. The summed E-state index contributed by atoms with van der Waals surface area (Å²) in [4.78, 5) is 15.7. The van der Waals surface area contributed by atoms with Gasteiger partial charge in [-0.05, 0) is 27.0 Å². The third kappa shape index (κ3) is 5.03. The van der Waals surface area contributed by atoms with Crippen LogP contribution < -0.4 is 0 Å². The normalized spacial score (nSPS) is 17.1. The molecule has 0 atom stereocenters. The lowest BCUT2D eigenvalue weighted by atomic mass is 10.2. The summed E-state index contributed by atoms with van der Waals surface area (Å²) >= 11 is 1.55.